The first-order valence-electron chi connectivity index (χ1n) is 9.46. The lowest BCUT2D eigenvalue weighted by Crippen LogP contribution is -2.45. The predicted molar refractivity (Wildman–Crippen MR) is 111 cm³/mol. The van der Waals surface area contributed by atoms with E-state index in [1.807, 2.05) is 0 Å². The van der Waals surface area contributed by atoms with Gasteiger partial charge in [0.25, 0.3) is 0 Å². The lowest BCUT2D eigenvalue weighted by atomic mass is 9.78. The first kappa shape index (κ1) is 20.8. The molecule has 0 fully saturated rings. The molecule has 0 bridgehead atoms. The zero-order valence-electron chi connectivity index (χ0n) is 15.9. The molecule has 4 atom stereocenters. The minimum Gasteiger partial charge on any atom is -0.322 e. The summed E-state index contributed by atoms with van der Waals surface area (Å²) < 4.78 is 0. The second-order valence-electron chi connectivity index (χ2n) is 7.28. The molecule has 0 saturated heterocycles. The highest BCUT2D eigenvalue weighted by atomic mass is 35.5. The maximum absolute atomic E-state index is 6.84. The SMILES string of the molecule is CCC1=CC(CC2=CC(Cl)(CC)C(N)C(CC)=C2)=CC(Cl)(CC)C1N. The number of hydrogen-bond acceptors (Lipinski definition) is 2. The van der Waals surface area contributed by atoms with Crippen molar-refractivity contribution in [3.8, 4) is 0 Å². The van der Waals surface area contributed by atoms with E-state index < -0.39 is 9.75 Å². The Bertz CT molecular complexity index is 578. The lowest BCUT2D eigenvalue weighted by molar-refractivity contribution is 0.547. The molecule has 0 aliphatic heterocycles. The lowest BCUT2D eigenvalue weighted by Gasteiger charge is -2.37. The van der Waals surface area contributed by atoms with E-state index in [2.05, 4.69) is 52.0 Å². The standard InChI is InChI=1S/C21H32Cl2N2/c1-5-16-10-14(12-20(22,7-3)18(16)24)9-15-11-17(6-2)19(25)21(23,8-4)13-15/h10-13,18-19H,5-9,24-25H2,1-4H3. The first-order valence-corrected chi connectivity index (χ1v) is 10.2. The van der Waals surface area contributed by atoms with Crippen LogP contribution < -0.4 is 11.5 Å². The second-order valence-corrected chi connectivity index (χ2v) is 8.68. The van der Waals surface area contributed by atoms with Crippen LogP contribution in [-0.2, 0) is 0 Å². The van der Waals surface area contributed by atoms with Gasteiger partial charge in [-0.05, 0) is 43.3 Å². The molecule has 0 amide bonds. The molecule has 2 nitrogen and oxygen atoms in total. The quantitative estimate of drug-likeness (QED) is 0.607. The smallest absolute Gasteiger partial charge is 0.0818 e. The van der Waals surface area contributed by atoms with Crippen molar-refractivity contribution in [2.75, 3.05) is 0 Å². The van der Waals surface area contributed by atoms with Crippen molar-refractivity contribution < 1.29 is 0 Å². The normalized spacial score (nSPS) is 35.7. The molecule has 0 spiro atoms. The van der Waals surface area contributed by atoms with E-state index in [-0.39, 0.29) is 12.1 Å². The fourth-order valence-electron chi connectivity index (χ4n) is 3.88. The van der Waals surface area contributed by atoms with E-state index in [1.165, 1.54) is 22.3 Å². The summed E-state index contributed by atoms with van der Waals surface area (Å²) in [5, 5.41) is 0. The summed E-state index contributed by atoms with van der Waals surface area (Å²) in [4.78, 5) is -0.998. The van der Waals surface area contributed by atoms with Crippen molar-refractivity contribution in [2.24, 2.45) is 11.5 Å². The van der Waals surface area contributed by atoms with Gasteiger partial charge in [0.15, 0.2) is 0 Å². The number of nitrogens with two attached hydrogens (primary N) is 2. The first-order chi connectivity index (χ1) is 11.7. The van der Waals surface area contributed by atoms with Gasteiger partial charge < -0.3 is 11.5 Å². The minimum absolute atomic E-state index is 0.119. The van der Waals surface area contributed by atoms with Gasteiger partial charge >= 0.3 is 0 Å². The van der Waals surface area contributed by atoms with Gasteiger partial charge in [-0.1, -0.05) is 63.1 Å². The Balaban J connectivity index is 2.37. The molecular weight excluding hydrogens is 351 g/mol. The fourth-order valence-corrected chi connectivity index (χ4v) is 4.44. The van der Waals surface area contributed by atoms with Crippen LogP contribution in [0.25, 0.3) is 0 Å². The average molecular weight is 383 g/mol. The molecule has 4 heteroatoms. The number of hydrogen-bond donors (Lipinski definition) is 2. The third-order valence-electron chi connectivity index (χ3n) is 5.73. The Morgan fingerprint density at radius 2 is 1.16 bits per heavy atom. The van der Waals surface area contributed by atoms with Crippen molar-refractivity contribution in [2.45, 2.75) is 81.6 Å². The summed E-state index contributed by atoms with van der Waals surface area (Å²) in [5.74, 6) is 0. The Hall–Kier alpha value is -0.540. The molecule has 25 heavy (non-hydrogen) atoms. The van der Waals surface area contributed by atoms with Crippen molar-refractivity contribution in [3.63, 3.8) is 0 Å². The van der Waals surface area contributed by atoms with Crippen LogP contribution in [0.5, 0.6) is 0 Å². The van der Waals surface area contributed by atoms with Crippen molar-refractivity contribution in [1.29, 1.82) is 0 Å². The van der Waals surface area contributed by atoms with Gasteiger partial charge in [0.1, 0.15) is 0 Å². The largest absolute Gasteiger partial charge is 0.322 e. The molecule has 0 aromatic carbocycles. The Morgan fingerprint density at radius 1 is 0.800 bits per heavy atom. The maximum Gasteiger partial charge on any atom is 0.0818 e. The van der Waals surface area contributed by atoms with Crippen LogP contribution in [0.3, 0.4) is 0 Å². The number of allylic oxidation sites excluding steroid dienone is 4. The van der Waals surface area contributed by atoms with Gasteiger partial charge in [0.05, 0.1) is 9.75 Å². The zero-order chi connectivity index (χ0) is 18.8. The molecule has 0 aromatic heterocycles. The topological polar surface area (TPSA) is 52.0 Å². The second kappa shape index (κ2) is 8.00. The molecular formula is C21H32Cl2N2. The Kier molecular flexibility index (Phi) is 6.65. The van der Waals surface area contributed by atoms with Crippen LogP contribution in [-0.4, -0.2) is 21.8 Å². The predicted octanol–water partition coefficient (Wildman–Crippen LogP) is 5.36. The van der Waals surface area contributed by atoms with E-state index in [1.54, 1.807) is 0 Å². The maximum atomic E-state index is 6.84. The summed E-state index contributed by atoms with van der Waals surface area (Å²) in [7, 11) is 0. The molecule has 0 radical (unpaired) electrons. The van der Waals surface area contributed by atoms with E-state index in [0.717, 1.165) is 32.1 Å². The number of rotatable bonds is 6. The van der Waals surface area contributed by atoms with Gasteiger partial charge in [0.2, 0.25) is 0 Å². The van der Waals surface area contributed by atoms with Crippen molar-refractivity contribution >= 4 is 23.2 Å². The number of halogens is 2. The van der Waals surface area contributed by atoms with Crippen LogP contribution in [0.1, 0.15) is 59.8 Å². The van der Waals surface area contributed by atoms with Gasteiger partial charge in [-0.15, -0.1) is 23.2 Å². The molecule has 0 saturated carbocycles. The van der Waals surface area contributed by atoms with E-state index in [4.69, 9.17) is 34.7 Å². The zero-order valence-corrected chi connectivity index (χ0v) is 17.4. The summed E-state index contributed by atoms with van der Waals surface area (Å²) >= 11 is 13.7. The fraction of sp³-hybridized carbons (Fsp3) is 0.619. The number of alkyl halides is 2. The Morgan fingerprint density at radius 3 is 1.44 bits per heavy atom. The van der Waals surface area contributed by atoms with Gasteiger partial charge in [-0.25, -0.2) is 0 Å². The summed E-state index contributed by atoms with van der Waals surface area (Å²) in [6, 6.07) is -0.239. The molecule has 4 N–H and O–H groups in total. The molecule has 4 unspecified atom stereocenters. The van der Waals surface area contributed by atoms with Gasteiger partial charge in [-0.2, -0.15) is 0 Å². The third kappa shape index (κ3) is 4.08. The summed E-state index contributed by atoms with van der Waals surface area (Å²) in [5.41, 5.74) is 17.7. The van der Waals surface area contributed by atoms with Crippen LogP contribution >= 0.6 is 23.2 Å². The molecule has 2 rings (SSSR count). The van der Waals surface area contributed by atoms with Crippen LogP contribution in [0.15, 0.2) is 46.6 Å². The van der Waals surface area contributed by atoms with E-state index in [9.17, 15) is 0 Å². The molecule has 2 aliphatic rings. The third-order valence-corrected chi connectivity index (χ3v) is 6.96. The minimum atomic E-state index is -0.499. The molecule has 0 aromatic rings. The van der Waals surface area contributed by atoms with Crippen LogP contribution in [0, 0.1) is 0 Å². The monoisotopic (exact) mass is 382 g/mol. The highest BCUT2D eigenvalue weighted by Crippen LogP contribution is 2.40. The summed E-state index contributed by atoms with van der Waals surface area (Å²) in [6.45, 7) is 8.45. The highest BCUT2D eigenvalue weighted by Gasteiger charge is 2.37. The molecule has 2 aliphatic carbocycles. The van der Waals surface area contributed by atoms with Crippen molar-refractivity contribution in [1.82, 2.24) is 0 Å². The van der Waals surface area contributed by atoms with E-state index in [0.29, 0.717) is 0 Å². The molecule has 140 valence electrons. The molecule has 0 heterocycles. The van der Waals surface area contributed by atoms with Crippen molar-refractivity contribution in [3.05, 3.63) is 46.6 Å². The summed E-state index contributed by atoms with van der Waals surface area (Å²) in [6.07, 6.45) is 13.0. The van der Waals surface area contributed by atoms with E-state index >= 15 is 0 Å². The highest BCUT2D eigenvalue weighted by molar-refractivity contribution is 6.26. The van der Waals surface area contributed by atoms with Crippen LogP contribution in [0.4, 0.5) is 0 Å². The van der Waals surface area contributed by atoms with Crippen LogP contribution in [0.2, 0.25) is 0 Å². The van der Waals surface area contributed by atoms with Gasteiger partial charge in [-0.3, -0.25) is 0 Å². The average Bonchev–Trinajstić information content (AvgIpc) is 2.60. The Labute approximate surface area is 163 Å². The van der Waals surface area contributed by atoms with Gasteiger partial charge in [0, 0.05) is 12.1 Å².